The molecular formula is C16H14ClN3O2S. The monoisotopic (exact) mass is 347 g/mol. The second-order valence-corrected chi connectivity index (χ2v) is 7.24. The summed E-state index contributed by atoms with van der Waals surface area (Å²) in [6.45, 7) is 3.83. The van der Waals surface area contributed by atoms with Crippen LogP contribution >= 0.6 is 11.6 Å². The summed E-state index contributed by atoms with van der Waals surface area (Å²) < 4.78 is 27.3. The van der Waals surface area contributed by atoms with E-state index in [1.165, 1.54) is 12.1 Å². The van der Waals surface area contributed by atoms with Crippen LogP contribution in [0.15, 0.2) is 47.4 Å². The van der Waals surface area contributed by atoms with E-state index in [2.05, 4.69) is 14.7 Å². The third kappa shape index (κ3) is 3.13. The van der Waals surface area contributed by atoms with E-state index in [1.807, 2.05) is 19.9 Å². The number of hydrogen-bond donors (Lipinski definition) is 1. The molecule has 5 nitrogen and oxygen atoms in total. The summed E-state index contributed by atoms with van der Waals surface area (Å²) in [7, 11) is -3.81. The van der Waals surface area contributed by atoms with Crippen molar-refractivity contribution in [2.45, 2.75) is 18.7 Å². The number of pyridine rings is 2. The first-order chi connectivity index (χ1) is 10.9. The lowest BCUT2D eigenvalue weighted by molar-refractivity contribution is 0.601. The molecule has 0 bridgehead atoms. The first-order valence-electron chi connectivity index (χ1n) is 6.89. The zero-order chi connectivity index (χ0) is 16.6. The predicted octanol–water partition coefficient (Wildman–Crippen LogP) is 3.70. The molecule has 0 aliphatic rings. The fourth-order valence-corrected chi connectivity index (χ4v) is 3.87. The molecule has 2 aromatic heterocycles. The first kappa shape index (κ1) is 15.7. The van der Waals surface area contributed by atoms with Gasteiger partial charge in [-0.05, 0) is 49.7 Å². The maximum atomic E-state index is 12.4. The Balaban J connectivity index is 2.03. The average Bonchev–Trinajstić information content (AvgIpc) is 2.46. The van der Waals surface area contributed by atoms with Gasteiger partial charge in [0.05, 0.1) is 5.02 Å². The molecule has 0 unspecified atom stereocenters. The molecule has 0 amide bonds. The number of rotatable bonds is 3. The van der Waals surface area contributed by atoms with E-state index in [0.717, 1.165) is 16.6 Å². The second-order valence-electron chi connectivity index (χ2n) is 5.18. The topological polar surface area (TPSA) is 72.0 Å². The van der Waals surface area contributed by atoms with Crippen LogP contribution in [0.3, 0.4) is 0 Å². The van der Waals surface area contributed by atoms with Gasteiger partial charge in [-0.15, -0.1) is 0 Å². The largest absolute Gasteiger partial charge is 0.264 e. The molecule has 0 aliphatic carbocycles. The lowest BCUT2D eigenvalue weighted by atomic mass is 10.1. The van der Waals surface area contributed by atoms with Gasteiger partial charge in [-0.3, -0.25) is 4.72 Å². The molecule has 23 heavy (non-hydrogen) atoms. The Labute approximate surface area is 139 Å². The summed E-state index contributed by atoms with van der Waals surface area (Å²) in [6.07, 6.45) is 0. The molecule has 2 heterocycles. The molecule has 3 aromatic rings. The molecule has 0 radical (unpaired) electrons. The van der Waals surface area contributed by atoms with Gasteiger partial charge < -0.3 is 0 Å². The van der Waals surface area contributed by atoms with E-state index in [-0.39, 0.29) is 15.7 Å². The number of nitrogens with one attached hydrogen (secondary N) is 1. The predicted molar refractivity (Wildman–Crippen MR) is 91.3 cm³/mol. The molecule has 0 spiro atoms. The Morgan fingerprint density at radius 1 is 1.04 bits per heavy atom. The first-order valence-corrected chi connectivity index (χ1v) is 8.75. The van der Waals surface area contributed by atoms with Gasteiger partial charge in [0.25, 0.3) is 10.0 Å². The Morgan fingerprint density at radius 3 is 2.52 bits per heavy atom. The number of aromatic nitrogens is 2. The van der Waals surface area contributed by atoms with Crippen LogP contribution in [0.4, 0.5) is 5.82 Å². The summed E-state index contributed by atoms with van der Waals surface area (Å²) >= 11 is 5.96. The number of benzene rings is 1. The summed E-state index contributed by atoms with van der Waals surface area (Å²) in [5.41, 5.74) is 2.37. The van der Waals surface area contributed by atoms with Crippen molar-refractivity contribution in [1.82, 2.24) is 9.97 Å². The number of fused-ring (bicyclic) bond motifs is 1. The summed E-state index contributed by atoms with van der Waals surface area (Å²) in [4.78, 5) is 8.65. The second kappa shape index (κ2) is 5.79. The van der Waals surface area contributed by atoms with E-state index in [1.54, 1.807) is 24.3 Å². The maximum absolute atomic E-state index is 12.4. The minimum Gasteiger partial charge on any atom is -0.263 e. The number of anilines is 1. The maximum Gasteiger partial charge on any atom is 0.264 e. The molecule has 0 aliphatic heterocycles. The normalized spacial score (nSPS) is 11.6. The van der Waals surface area contributed by atoms with Crippen molar-refractivity contribution in [1.29, 1.82) is 0 Å². The van der Waals surface area contributed by atoms with Crippen molar-refractivity contribution in [2.75, 3.05) is 4.72 Å². The number of hydrogen-bond acceptors (Lipinski definition) is 4. The standard InChI is InChI=1S/C16H14ClN3O2S/c1-10-9-11(2)18-16-12(10)7-8-15(19-16)20-23(21,22)14-6-4-3-5-13(14)17/h3-9H,1-2H3,(H,18,19,20). The highest BCUT2D eigenvalue weighted by atomic mass is 35.5. The summed E-state index contributed by atoms with van der Waals surface area (Å²) in [6, 6.07) is 11.6. The Hall–Kier alpha value is -2.18. The summed E-state index contributed by atoms with van der Waals surface area (Å²) in [5.74, 6) is 0.204. The van der Waals surface area contributed by atoms with E-state index in [9.17, 15) is 8.42 Å². The van der Waals surface area contributed by atoms with Crippen molar-refractivity contribution >= 4 is 38.5 Å². The third-order valence-corrected chi connectivity index (χ3v) is 5.23. The smallest absolute Gasteiger partial charge is 0.263 e. The zero-order valence-electron chi connectivity index (χ0n) is 12.5. The Kier molecular flexibility index (Phi) is 3.95. The highest BCUT2D eigenvalue weighted by Gasteiger charge is 2.18. The van der Waals surface area contributed by atoms with Crippen LogP contribution < -0.4 is 4.72 Å². The van der Waals surface area contributed by atoms with Crippen LogP contribution in [0, 0.1) is 13.8 Å². The van der Waals surface area contributed by atoms with Crippen LogP contribution in [0.25, 0.3) is 11.0 Å². The Bertz CT molecular complexity index is 1000. The highest BCUT2D eigenvalue weighted by molar-refractivity contribution is 7.92. The van der Waals surface area contributed by atoms with E-state index in [4.69, 9.17) is 11.6 Å². The van der Waals surface area contributed by atoms with E-state index in [0.29, 0.717) is 5.65 Å². The highest BCUT2D eigenvalue weighted by Crippen LogP contribution is 2.24. The molecule has 7 heteroatoms. The van der Waals surface area contributed by atoms with Gasteiger partial charge in [-0.1, -0.05) is 23.7 Å². The molecule has 3 rings (SSSR count). The van der Waals surface area contributed by atoms with Crippen molar-refractivity contribution in [3.63, 3.8) is 0 Å². The van der Waals surface area contributed by atoms with E-state index < -0.39 is 10.0 Å². The van der Waals surface area contributed by atoms with Gasteiger partial charge in [0.15, 0.2) is 5.65 Å². The average molecular weight is 348 g/mol. The molecule has 0 atom stereocenters. The van der Waals surface area contributed by atoms with Crippen molar-refractivity contribution < 1.29 is 8.42 Å². The van der Waals surface area contributed by atoms with Crippen LogP contribution in [-0.2, 0) is 10.0 Å². The van der Waals surface area contributed by atoms with Gasteiger partial charge in [0, 0.05) is 11.1 Å². The molecular weight excluding hydrogens is 334 g/mol. The van der Waals surface area contributed by atoms with Crippen molar-refractivity contribution in [2.24, 2.45) is 0 Å². The van der Waals surface area contributed by atoms with Crippen molar-refractivity contribution in [3.05, 3.63) is 58.7 Å². The molecule has 0 saturated carbocycles. The number of aryl methyl sites for hydroxylation is 2. The SMILES string of the molecule is Cc1cc(C)c2ccc(NS(=O)(=O)c3ccccc3Cl)nc2n1. The third-order valence-electron chi connectivity index (χ3n) is 3.37. The Morgan fingerprint density at radius 2 is 1.78 bits per heavy atom. The van der Waals surface area contributed by atoms with E-state index >= 15 is 0 Å². The van der Waals surface area contributed by atoms with Crippen LogP contribution in [-0.4, -0.2) is 18.4 Å². The summed E-state index contributed by atoms with van der Waals surface area (Å²) in [5, 5.41) is 1.04. The fourth-order valence-electron chi connectivity index (χ4n) is 2.34. The van der Waals surface area contributed by atoms with Gasteiger partial charge in [-0.25, -0.2) is 18.4 Å². The minimum atomic E-state index is -3.81. The van der Waals surface area contributed by atoms with Gasteiger partial charge in [0.1, 0.15) is 10.7 Å². The quantitative estimate of drug-likeness (QED) is 0.784. The fraction of sp³-hybridized carbons (Fsp3) is 0.125. The lowest BCUT2D eigenvalue weighted by Crippen LogP contribution is -2.14. The van der Waals surface area contributed by atoms with Gasteiger partial charge >= 0.3 is 0 Å². The molecule has 0 fully saturated rings. The molecule has 118 valence electrons. The van der Waals surface area contributed by atoms with Gasteiger partial charge in [0.2, 0.25) is 0 Å². The minimum absolute atomic E-state index is 0.0111. The van der Waals surface area contributed by atoms with Gasteiger partial charge in [-0.2, -0.15) is 0 Å². The number of halogens is 1. The molecule has 1 aromatic carbocycles. The zero-order valence-corrected chi connectivity index (χ0v) is 14.1. The number of nitrogens with zero attached hydrogens (tertiary/aromatic N) is 2. The molecule has 0 saturated heterocycles. The lowest BCUT2D eigenvalue weighted by Gasteiger charge is -2.10. The number of sulfonamides is 1. The van der Waals surface area contributed by atoms with Crippen molar-refractivity contribution in [3.8, 4) is 0 Å². The van der Waals surface area contributed by atoms with Crippen LogP contribution in [0.5, 0.6) is 0 Å². The molecule has 1 N–H and O–H groups in total. The van der Waals surface area contributed by atoms with Crippen LogP contribution in [0.1, 0.15) is 11.3 Å². The van der Waals surface area contributed by atoms with Crippen LogP contribution in [0.2, 0.25) is 5.02 Å².